The Bertz CT molecular complexity index is 903. The maximum Gasteiger partial charge on any atom is 0.206 e. The third-order valence-electron chi connectivity index (χ3n) is 4.35. The van der Waals surface area contributed by atoms with Gasteiger partial charge in [0.15, 0.2) is 10.1 Å². The number of ketones is 1. The molecule has 0 unspecified atom stereocenters. The molecule has 28 heavy (non-hydrogen) atoms. The van der Waals surface area contributed by atoms with Gasteiger partial charge in [-0.15, -0.1) is 21.5 Å². The molecular formula is C19H24N4O2S3. The van der Waals surface area contributed by atoms with Gasteiger partial charge in [0.2, 0.25) is 5.13 Å². The molecule has 150 valence electrons. The van der Waals surface area contributed by atoms with Crippen LogP contribution in [0.5, 0.6) is 0 Å². The molecule has 3 rings (SSSR count). The van der Waals surface area contributed by atoms with Gasteiger partial charge in [-0.25, -0.2) is 0 Å². The lowest BCUT2D eigenvalue weighted by atomic mass is 10.2. The fraction of sp³-hybridized carbons (Fsp3) is 0.421. The molecule has 0 radical (unpaired) electrons. The Morgan fingerprint density at radius 1 is 1.36 bits per heavy atom. The van der Waals surface area contributed by atoms with Crippen molar-refractivity contribution in [2.75, 3.05) is 31.3 Å². The molecule has 0 aliphatic heterocycles. The van der Waals surface area contributed by atoms with Crippen LogP contribution in [-0.2, 0) is 17.7 Å². The molecule has 0 saturated carbocycles. The van der Waals surface area contributed by atoms with E-state index in [1.54, 1.807) is 18.4 Å². The highest BCUT2D eigenvalue weighted by Crippen LogP contribution is 2.27. The lowest BCUT2D eigenvalue weighted by Crippen LogP contribution is -2.08. The SMILES string of the molecule is COCCNc1nnc(SCC(=O)c2cc(C)n(CCc3cccs3)c2C)s1. The van der Waals surface area contributed by atoms with Gasteiger partial charge in [-0.2, -0.15) is 0 Å². The first-order valence-corrected chi connectivity index (χ1v) is 11.7. The predicted octanol–water partition coefficient (Wildman–Crippen LogP) is 4.29. The van der Waals surface area contributed by atoms with Crippen LogP contribution in [0.4, 0.5) is 5.13 Å². The molecule has 6 nitrogen and oxygen atoms in total. The van der Waals surface area contributed by atoms with Crippen LogP contribution in [0.3, 0.4) is 0 Å². The number of carbonyl (C=O) groups excluding carboxylic acids is 1. The van der Waals surface area contributed by atoms with Gasteiger partial charge in [0.1, 0.15) is 0 Å². The summed E-state index contributed by atoms with van der Waals surface area (Å²) in [4.78, 5) is 14.1. The average molecular weight is 437 g/mol. The molecule has 0 fully saturated rings. The lowest BCUT2D eigenvalue weighted by molar-refractivity contribution is 0.102. The Morgan fingerprint density at radius 3 is 2.96 bits per heavy atom. The number of carbonyl (C=O) groups is 1. The number of hydrogen-bond acceptors (Lipinski definition) is 8. The number of Topliss-reactive ketones (excluding diaryl/α,β-unsaturated/α-hetero) is 1. The zero-order valence-electron chi connectivity index (χ0n) is 16.2. The highest BCUT2D eigenvalue weighted by Gasteiger charge is 2.17. The van der Waals surface area contributed by atoms with E-state index in [1.807, 2.05) is 13.0 Å². The molecule has 3 aromatic rings. The summed E-state index contributed by atoms with van der Waals surface area (Å²) >= 11 is 4.67. The molecule has 0 saturated heterocycles. The summed E-state index contributed by atoms with van der Waals surface area (Å²) in [7, 11) is 1.66. The van der Waals surface area contributed by atoms with E-state index in [2.05, 4.69) is 44.5 Å². The number of nitrogens with zero attached hydrogens (tertiary/aromatic N) is 3. The minimum Gasteiger partial charge on any atom is -0.383 e. The average Bonchev–Trinajstić information content (AvgIpc) is 3.41. The number of ether oxygens (including phenoxy) is 1. The predicted molar refractivity (Wildman–Crippen MR) is 117 cm³/mol. The van der Waals surface area contributed by atoms with Gasteiger partial charge >= 0.3 is 0 Å². The maximum atomic E-state index is 12.7. The molecule has 0 aliphatic rings. The molecule has 3 heterocycles. The van der Waals surface area contributed by atoms with E-state index < -0.39 is 0 Å². The Morgan fingerprint density at radius 2 is 2.21 bits per heavy atom. The lowest BCUT2D eigenvalue weighted by Gasteiger charge is -2.09. The first-order valence-electron chi connectivity index (χ1n) is 9.00. The van der Waals surface area contributed by atoms with Gasteiger partial charge in [-0.05, 0) is 37.8 Å². The van der Waals surface area contributed by atoms with Crippen LogP contribution in [0.25, 0.3) is 0 Å². The van der Waals surface area contributed by atoms with Gasteiger partial charge in [0.05, 0.1) is 12.4 Å². The maximum absolute atomic E-state index is 12.7. The monoisotopic (exact) mass is 436 g/mol. The van der Waals surface area contributed by atoms with Crippen LogP contribution < -0.4 is 5.32 Å². The second-order valence-electron chi connectivity index (χ2n) is 6.27. The van der Waals surface area contributed by atoms with Crippen LogP contribution in [0.2, 0.25) is 0 Å². The second kappa shape index (κ2) is 10.2. The van der Waals surface area contributed by atoms with E-state index in [9.17, 15) is 4.79 Å². The number of hydrogen-bond donors (Lipinski definition) is 1. The topological polar surface area (TPSA) is 69.0 Å². The fourth-order valence-electron chi connectivity index (χ4n) is 2.91. The second-order valence-corrected chi connectivity index (χ2v) is 9.50. The first kappa shape index (κ1) is 21.0. The van der Waals surface area contributed by atoms with E-state index in [4.69, 9.17) is 4.74 Å². The molecule has 0 aromatic carbocycles. The normalized spacial score (nSPS) is 11.1. The van der Waals surface area contributed by atoms with Crippen molar-refractivity contribution in [2.24, 2.45) is 0 Å². The van der Waals surface area contributed by atoms with Gasteiger partial charge in [0, 0.05) is 42.0 Å². The van der Waals surface area contributed by atoms with E-state index >= 15 is 0 Å². The van der Waals surface area contributed by atoms with Gasteiger partial charge in [-0.3, -0.25) is 4.79 Å². The molecule has 0 aliphatic carbocycles. The van der Waals surface area contributed by atoms with Crippen molar-refractivity contribution >= 4 is 45.4 Å². The van der Waals surface area contributed by atoms with Crippen molar-refractivity contribution < 1.29 is 9.53 Å². The van der Waals surface area contributed by atoms with E-state index in [0.717, 1.165) is 39.4 Å². The van der Waals surface area contributed by atoms with Crippen LogP contribution in [-0.4, -0.2) is 46.6 Å². The number of nitrogens with one attached hydrogen (secondary N) is 1. The summed E-state index contributed by atoms with van der Waals surface area (Å²) < 4.78 is 8.03. The smallest absolute Gasteiger partial charge is 0.206 e. The van der Waals surface area contributed by atoms with Gasteiger partial charge in [0.25, 0.3) is 0 Å². The third kappa shape index (κ3) is 5.44. The molecule has 0 bridgehead atoms. The molecule has 9 heteroatoms. The molecule has 1 N–H and O–H groups in total. The fourth-order valence-corrected chi connectivity index (χ4v) is 5.27. The Balaban J connectivity index is 1.56. The number of rotatable bonds is 11. The highest BCUT2D eigenvalue weighted by atomic mass is 32.2. The summed E-state index contributed by atoms with van der Waals surface area (Å²) in [5.41, 5.74) is 2.97. The number of thioether (sulfide) groups is 1. The largest absolute Gasteiger partial charge is 0.383 e. The molecular weight excluding hydrogens is 412 g/mol. The van der Waals surface area contributed by atoms with E-state index in [0.29, 0.717) is 18.9 Å². The summed E-state index contributed by atoms with van der Waals surface area (Å²) in [5, 5.41) is 14.2. The number of methoxy groups -OCH3 is 1. The van der Waals surface area contributed by atoms with Crippen LogP contribution in [0.1, 0.15) is 26.6 Å². The Labute approximate surface area is 177 Å². The number of anilines is 1. The summed E-state index contributed by atoms with van der Waals surface area (Å²) in [5.74, 6) is 0.492. The Kier molecular flexibility index (Phi) is 7.66. The molecule has 0 atom stereocenters. The summed E-state index contributed by atoms with van der Waals surface area (Å²) in [6.07, 6.45) is 0.986. The van der Waals surface area contributed by atoms with Crippen molar-refractivity contribution in [2.45, 2.75) is 31.2 Å². The number of aromatic nitrogens is 3. The number of aryl methyl sites for hydroxylation is 2. The van der Waals surface area contributed by atoms with Crippen molar-refractivity contribution in [3.05, 3.63) is 45.4 Å². The van der Waals surface area contributed by atoms with Crippen molar-refractivity contribution in [1.82, 2.24) is 14.8 Å². The van der Waals surface area contributed by atoms with Crippen LogP contribution in [0, 0.1) is 13.8 Å². The molecule has 0 spiro atoms. The standard InChI is InChI=1S/C19H24N4O2S3/c1-13-11-16(14(2)23(13)8-6-15-5-4-10-26-15)17(24)12-27-19-22-21-18(28-19)20-7-9-25-3/h4-5,10-11H,6-9,12H2,1-3H3,(H,20,21). The Hall–Kier alpha value is -1.68. The van der Waals surface area contributed by atoms with E-state index in [1.165, 1.54) is 28.0 Å². The highest BCUT2D eigenvalue weighted by molar-refractivity contribution is 8.01. The van der Waals surface area contributed by atoms with E-state index in [-0.39, 0.29) is 5.78 Å². The first-order chi connectivity index (χ1) is 13.6. The van der Waals surface area contributed by atoms with Gasteiger partial charge in [-0.1, -0.05) is 29.2 Å². The van der Waals surface area contributed by atoms with Crippen LogP contribution >= 0.6 is 34.4 Å². The number of thiophene rings is 1. The quantitative estimate of drug-likeness (QED) is 0.275. The van der Waals surface area contributed by atoms with Gasteiger partial charge < -0.3 is 14.6 Å². The minimum absolute atomic E-state index is 0.129. The minimum atomic E-state index is 0.129. The van der Waals surface area contributed by atoms with Crippen molar-refractivity contribution in [3.63, 3.8) is 0 Å². The summed E-state index contributed by atoms with van der Waals surface area (Å²) in [6, 6.07) is 6.24. The van der Waals surface area contributed by atoms with Crippen LogP contribution in [0.15, 0.2) is 27.9 Å². The molecule has 3 aromatic heterocycles. The summed E-state index contributed by atoms with van der Waals surface area (Å²) in [6.45, 7) is 6.29. The van der Waals surface area contributed by atoms with Crippen molar-refractivity contribution in [3.8, 4) is 0 Å². The zero-order valence-corrected chi connectivity index (χ0v) is 18.7. The van der Waals surface area contributed by atoms with Crippen molar-refractivity contribution in [1.29, 1.82) is 0 Å². The molecule has 0 amide bonds. The third-order valence-corrected chi connectivity index (χ3v) is 7.30. The zero-order chi connectivity index (χ0) is 19.9.